The Morgan fingerprint density at radius 1 is 1.48 bits per heavy atom. The van der Waals surface area contributed by atoms with Gasteiger partial charge in [0.25, 0.3) is 0 Å². The van der Waals surface area contributed by atoms with Gasteiger partial charge in [-0.2, -0.15) is 0 Å². The Morgan fingerprint density at radius 2 is 1.95 bits per heavy atom. The predicted octanol–water partition coefficient (Wildman–Crippen LogP) is 2.05. The first-order valence-corrected chi connectivity index (χ1v) is 6.44. The zero-order valence-electron chi connectivity index (χ0n) is 13.1. The van der Waals surface area contributed by atoms with Crippen LogP contribution in [0.2, 0.25) is 0 Å². The molecule has 1 aliphatic rings. The second kappa shape index (κ2) is 8.42. The molecule has 0 unspecified atom stereocenters. The van der Waals surface area contributed by atoms with E-state index in [4.69, 9.17) is 5.73 Å². The molecule has 1 saturated heterocycles. The van der Waals surface area contributed by atoms with Gasteiger partial charge in [0.2, 0.25) is 5.91 Å². The molecule has 0 aromatic carbocycles. The molecular formula is C16H27FN2O2. The van der Waals surface area contributed by atoms with E-state index in [-0.39, 0.29) is 17.3 Å². The summed E-state index contributed by atoms with van der Waals surface area (Å²) in [6.45, 7) is 18.5. The van der Waals surface area contributed by atoms with E-state index >= 15 is 0 Å². The molecule has 1 rings (SSSR count). The number of amides is 1. The number of hydrogen-bond donors (Lipinski definition) is 2. The lowest BCUT2D eigenvalue weighted by Crippen LogP contribution is -2.27. The van der Waals surface area contributed by atoms with Crippen LogP contribution in [-0.2, 0) is 4.79 Å². The molecule has 0 spiro atoms. The summed E-state index contributed by atoms with van der Waals surface area (Å²) in [4.78, 5) is 11.7. The van der Waals surface area contributed by atoms with Crippen LogP contribution in [-0.4, -0.2) is 23.6 Å². The standard InChI is InChI=1S/C14H21FN2O.C2H4.H2O/c1-6-10(8(2)14(4,5)15)11-7-17-13(18)12(11)9(3)16;1-2;/h6,11-12H,1,3,7,16H2,2,4-5H3,(H,17,18);1-2H2;1H2/b10-8-;;/t11-,12-;;/m1../s1. The second-order valence-corrected chi connectivity index (χ2v) is 5.16. The summed E-state index contributed by atoms with van der Waals surface area (Å²) in [5, 5.41) is 2.74. The molecule has 0 saturated carbocycles. The predicted molar refractivity (Wildman–Crippen MR) is 86.3 cm³/mol. The third kappa shape index (κ3) is 4.86. The van der Waals surface area contributed by atoms with Crippen molar-refractivity contribution < 1.29 is 14.7 Å². The summed E-state index contributed by atoms with van der Waals surface area (Å²) in [5.74, 6) is -0.853. The molecule has 0 bridgehead atoms. The lowest BCUT2D eigenvalue weighted by atomic mass is 9.81. The molecule has 2 atom stereocenters. The zero-order valence-corrected chi connectivity index (χ0v) is 13.1. The highest BCUT2D eigenvalue weighted by Crippen LogP contribution is 2.35. The molecule has 0 radical (unpaired) electrons. The minimum atomic E-state index is -1.45. The van der Waals surface area contributed by atoms with Crippen LogP contribution in [0.1, 0.15) is 20.8 Å². The monoisotopic (exact) mass is 298 g/mol. The maximum atomic E-state index is 14.0. The molecule has 0 aromatic heterocycles. The third-order valence-electron chi connectivity index (χ3n) is 3.52. The quantitative estimate of drug-likeness (QED) is 0.614. The Balaban J connectivity index is 0. The van der Waals surface area contributed by atoms with Crippen molar-refractivity contribution in [1.82, 2.24) is 5.32 Å². The Bertz CT molecular complexity index is 436. The maximum Gasteiger partial charge on any atom is 0.229 e. The van der Waals surface area contributed by atoms with Crippen molar-refractivity contribution in [2.45, 2.75) is 26.4 Å². The van der Waals surface area contributed by atoms with E-state index in [1.54, 1.807) is 13.0 Å². The van der Waals surface area contributed by atoms with Gasteiger partial charge in [-0.1, -0.05) is 19.2 Å². The smallest absolute Gasteiger partial charge is 0.229 e. The van der Waals surface area contributed by atoms with Gasteiger partial charge in [0, 0.05) is 18.2 Å². The van der Waals surface area contributed by atoms with Crippen molar-refractivity contribution in [2.24, 2.45) is 17.6 Å². The Labute approximate surface area is 126 Å². The molecular weight excluding hydrogens is 271 g/mol. The van der Waals surface area contributed by atoms with Gasteiger partial charge in [0.1, 0.15) is 5.67 Å². The fraction of sp³-hybridized carbons (Fsp3) is 0.438. The van der Waals surface area contributed by atoms with Crippen molar-refractivity contribution in [3.8, 4) is 0 Å². The summed E-state index contributed by atoms with van der Waals surface area (Å²) in [5.41, 5.74) is 5.84. The minimum Gasteiger partial charge on any atom is -0.412 e. The summed E-state index contributed by atoms with van der Waals surface area (Å²) in [6, 6.07) is 0. The van der Waals surface area contributed by atoms with Gasteiger partial charge in [-0.25, -0.2) is 4.39 Å². The van der Waals surface area contributed by atoms with E-state index in [2.05, 4.69) is 31.6 Å². The van der Waals surface area contributed by atoms with Crippen molar-refractivity contribution in [3.63, 3.8) is 0 Å². The van der Waals surface area contributed by atoms with Crippen LogP contribution < -0.4 is 11.1 Å². The molecule has 5 N–H and O–H groups in total. The zero-order chi connectivity index (χ0) is 16.1. The topological polar surface area (TPSA) is 86.6 Å². The molecule has 0 aromatic rings. The van der Waals surface area contributed by atoms with E-state index in [1.807, 2.05) is 0 Å². The van der Waals surface area contributed by atoms with Crippen LogP contribution in [0.5, 0.6) is 0 Å². The second-order valence-electron chi connectivity index (χ2n) is 5.16. The molecule has 21 heavy (non-hydrogen) atoms. The van der Waals surface area contributed by atoms with Gasteiger partial charge >= 0.3 is 0 Å². The number of carbonyl (C=O) groups excluding carboxylic acids is 1. The number of allylic oxidation sites excluding steroid dienone is 2. The van der Waals surface area contributed by atoms with Crippen molar-refractivity contribution in [1.29, 1.82) is 0 Å². The van der Waals surface area contributed by atoms with Crippen molar-refractivity contribution in [3.05, 3.63) is 49.2 Å². The van der Waals surface area contributed by atoms with Gasteiger partial charge in [0.05, 0.1) is 5.92 Å². The highest BCUT2D eigenvalue weighted by Gasteiger charge is 2.39. The Kier molecular flexibility index (Phi) is 8.58. The average Bonchev–Trinajstić information content (AvgIpc) is 2.73. The Hall–Kier alpha value is -1.88. The van der Waals surface area contributed by atoms with E-state index in [0.29, 0.717) is 17.8 Å². The van der Waals surface area contributed by atoms with E-state index < -0.39 is 11.6 Å². The first-order valence-electron chi connectivity index (χ1n) is 6.44. The molecule has 4 nitrogen and oxygen atoms in total. The van der Waals surface area contributed by atoms with E-state index in [9.17, 15) is 9.18 Å². The van der Waals surface area contributed by atoms with Crippen molar-refractivity contribution >= 4 is 5.91 Å². The lowest BCUT2D eigenvalue weighted by Gasteiger charge is -2.24. The van der Waals surface area contributed by atoms with Gasteiger partial charge in [-0.05, 0) is 31.9 Å². The van der Waals surface area contributed by atoms with E-state index in [1.165, 1.54) is 13.8 Å². The molecule has 0 aliphatic carbocycles. The van der Waals surface area contributed by atoms with Crippen molar-refractivity contribution in [2.75, 3.05) is 6.54 Å². The number of halogens is 1. The average molecular weight is 298 g/mol. The van der Waals surface area contributed by atoms with Crippen LogP contribution in [0.15, 0.2) is 49.2 Å². The minimum absolute atomic E-state index is 0. The number of alkyl halides is 1. The molecule has 1 aliphatic heterocycles. The Morgan fingerprint density at radius 3 is 2.29 bits per heavy atom. The number of nitrogens with one attached hydrogen (secondary N) is 1. The summed E-state index contributed by atoms with van der Waals surface area (Å²) >= 11 is 0. The number of hydrogen-bond acceptors (Lipinski definition) is 2. The molecule has 1 amide bonds. The summed E-state index contributed by atoms with van der Waals surface area (Å²) < 4.78 is 14.0. The molecule has 1 fully saturated rings. The highest BCUT2D eigenvalue weighted by atomic mass is 19.1. The first kappa shape index (κ1) is 21.4. The van der Waals surface area contributed by atoms with Gasteiger partial charge < -0.3 is 16.5 Å². The van der Waals surface area contributed by atoms with Gasteiger partial charge in [-0.3, -0.25) is 4.79 Å². The van der Waals surface area contributed by atoms with Crippen LogP contribution in [0, 0.1) is 11.8 Å². The van der Waals surface area contributed by atoms with Crippen LogP contribution in [0.25, 0.3) is 0 Å². The molecule has 5 heteroatoms. The third-order valence-corrected chi connectivity index (χ3v) is 3.52. The van der Waals surface area contributed by atoms with Crippen LogP contribution in [0.4, 0.5) is 4.39 Å². The fourth-order valence-corrected chi connectivity index (χ4v) is 2.26. The lowest BCUT2D eigenvalue weighted by molar-refractivity contribution is -0.121. The number of nitrogens with two attached hydrogens (primary N) is 1. The van der Waals surface area contributed by atoms with Gasteiger partial charge in [0.15, 0.2) is 0 Å². The maximum absolute atomic E-state index is 14.0. The number of rotatable bonds is 4. The van der Waals surface area contributed by atoms with Crippen LogP contribution >= 0.6 is 0 Å². The van der Waals surface area contributed by atoms with Gasteiger partial charge in [-0.15, -0.1) is 13.2 Å². The fourth-order valence-electron chi connectivity index (χ4n) is 2.26. The molecule has 1 heterocycles. The van der Waals surface area contributed by atoms with Crippen LogP contribution in [0.3, 0.4) is 0 Å². The first-order chi connectivity index (χ1) is 9.20. The summed E-state index contributed by atoms with van der Waals surface area (Å²) in [7, 11) is 0. The largest absolute Gasteiger partial charge is 0.412 e. The summed E-state index contributed by atoms with van der Waals surface area (Å²) in [6.07, 6.45) is 1.61. The molecule has 120 valence electrons. The normalized spacial score (nSPS) is 22.0. The van der Waals surface area contributed by atoms with E-state index in [0.717, 1.165) is 5.57 Å². The highest BCUT2D eigenvalue weighted by molar-refractivity contribution is 5.84. The number of carbonyl (C=O) groups is 1. The SMILES string of the molecule is C=C.C=C/C(=C(\C)C(C)(C)F)[C@H]1CNC(=O)[C@@H]1C(=C)N.O.